The highest BCUT2D eigenvalue weighted by Gasteiger charge is 2.14. The van der Waals surface area contributed by atoms with E-state index in [1.807, 2.05) is 20.0 Å². The molecule has 0 aliphatic rings. The molecule has 0 radical (unpaired) electrons. The van der Waals surface area contributed by atoms with Gasteiger partial charge in [-0.2, -0.15) is 5.10 Å². The Kier molecular flexibility index (Phi) is 4.34. The number of aryl methyl sites for hydroxylation is 2. The maximum Gasteiger partial charge on any atom is 0.134 e. The van der Waals surface area contributed by atoms with Crippen molar-refractivity contribution in [1.82, 2.24) is 9.78 Å². The van der Waals surface area contributed by atoms with Gasteiger partial charge in [0.15, 0.2) is 0 Å². The molecule has 0 aliphatic carbocycles. The van der Waals surface area contributed by atoms with E-state index in [2.05, 4.69) is 10.4 Å². The number of aromatic nitrogens is 2. The summed E-state index contributed by atoms with van der Waals surface area (Å²) in [6.07, 6.45) is 0.707. The number of hydrogen-bond acceptors (Lipinski definition) is 3. The number of nitrogens with two attached hydrogens (primary N) is 1. The number of nitrogens with one attached hydrogen (secondary N) is 1. The largest absolute Gasteiger partial charge is 0.389 e. The van der Waals surface area contributed by atoms with Crippen molar-refractivity contribution in [3.8, 4) is 0 Å². The van der Waals surface area contributed by atoms with Crippen LogP contribution >= 0.6 is 12.2 Å². The Balaban J connectivity index is 2.06. The summed E-state index contributed by atoms with van der Waals surface area (Å²) in [5.74, 6) is 0.578. The molecule has 20 heavy (non-hydrogen) atoms. The van der Waals surface area contributed by atoms with Crippen LogP contribution in [0, 0.1) is 12.7 Å². The Hall–Kier alpha value is -1.95. The van der Waals surface area contributed by atoms with Gasteiger partial charge in [0, 0.05) is 13.6 Å². The van der Waals surface area contributed by atoms with Gasteiger partial charge in [-0.3, -0.25) is 4.68 Å². The molecule has 1 aromatic heterocycles. The maximum absolute atomic E-state index is 13.1. The summed E-state index contributed by atoms with van der Waals surface area (Å²) in [6.45, 7) is 2.52. The van der Waals surface area contributed by atoms with E-state index in [1.165, 1.54) is 12.1 Å². The molecular formula is C14H17FN4S. The maximum atomic E-state index is 13.1. The van der Waals surface area contributed by atoms with Gasteiger partial charge in [-0.15, -0.1) is 0 Å². The molecule has 4 nitrogen and oxygen atoms in total. The van der Waals surface area contributed by atoms with Crippen LogP contribution in [0.25, 0.3) is 0 Å². The van der Waals surface area contributed by atoms with Crippen LogP contribution in [0.15, 0.2) is 24.3 Å². The Labute approximate surface area is 122 Å². The van der Waals surface area contributed by atoms with Gasteiger partial charge in [0.05, 0.1) is 11.3 Å². The lowest BCUT2D eigenvalue weighted by Crippen LogP contribution is -2.16. The molecule has 0 amide bonds. The van der Waals surface area contributed by atoms with E-state index in [9.17, 15) is 4.39 Å². The third-order valence-corrected chi connectivity index (χ3v) is 3.27. The molecule has 2 aromatic rings. The van der Waals surface area contributed by atoms with E-state index in [0.29, 0.717) is 18.0 Å². The summed E-state index contributed by atoms with van der Waals surface area (Å²) in [5, 5.41) is 7.56. The number of nitrogens with zero attached hydrogens (tertiary/aromatic N) is 2. The van der Waals surface area contributed by atoms with Gasteiger partial charge in [0.1, 0.15) is 16.6 Å². The van der Waals surface area contributed by atoms with Crippen molar-refractivity contribution < 1.29 is 4.39 Å². The van der Waals surface area contributed by atoms with Crippen LogP contribution in [0.3, 0.4) is 0 Å². The first-order valence-corrected chi connectivity index (χ1v) is 6.71. The smallest absolute Gasteiger partial charge is 0.134 e. The second kappa shape index (κ2) is 6.00. The van der Waals surface area contributed by atoms with Crippen molar-refractivity contribution in [2.75, 3.05) is 11.9 Å². The van der Waals surface area contributed by atoms with Crippen LogP contribution < -0.4 is 11.1 Å². The van der Waals surface area contributed by atoms with Gasteiger partial charge < -0.3 is 11.1 Å². The number of benzene rings is 1. The molecule has 0 fully saturated rings. The molecule has 1 heterocycles. The van der Waals surface area contributed by atoms with Crippen LogP contribution in [0.1, 0.15) is 16.8 Å². The quantitative estimate of drug-likeness (QED) is 0.829. The predicted molar refractivity (Wildman–Crippen MR) is 82.4 cm³/mol. The Bertz CT molecular complexity index is 636. The van der Waals surface area contributed by atoms with E-state index in [4.69, 9.17) is 18.0 Å². The molecule has 0 saturated heterocycles. The van der Waals surface area contributed by atoms with Gasteiger partial charge in [-0.1, -0.05) is 24.4 Å². The van der Waals surface area contributed by atoms with Gasteiger partial charge >= 0.3 is 0 Å². The van der Waals surface area contributed by atoms with Gasteiger partial charge in [-0.05, 0) is 31.0 Å². The zero-order valence-corrected chi connectivity index (χ0v) is 12.3. The van der Waals surface area contributed by atoms with E-state index in [1.54, 1.807) is 10.7 Å². The highest BCUT2D eigenvalue weighted by Crippen LogP contribution is 2.18. The number of anilines is 1. The fourth-order valence-electron chi connectivity index (χ4n) is 2.17. The lowest BCUT2D eigenvalue weighted by atomic mass is 10.1. The molecule has 1 aromatic carbocycles. The zero-order valence-electron chi connectivity index (χ0n) is 11.5. The van der Waals surface area contributed by atoms with Crippen LogP contribution in [-0.4, -0.2) is 21.3 Å². The van der Waals surface area contributed by atoms with Gasteiger partial charge in [0.2, 0.25) is 0 Å². The minimum absolute atomic E-state index is 0.220. The first kappa shape index (κ1) is 14.5. The highest BCUT2D eigenvalue weighted by molar-refractivity contribution is 7.80. The highest BCUT2D eigenvalue weighted by atomic mass is 32.1. The fraction of sp³-hybridized carbons (Fsp3) is 0.286. The zero-order chi connectivity index (χ0) is 14.7. The SMILES string of the molecule is Cc1nn(C)c(NCCc2cccc(F)c2)c1C(N)=S. The van der Waals surface area contributed by atoms with Crippen molar-refractivity contribution in [3.05, 3.63) is 46.9 Å². The topological polar surface area (TPSA) is 55.9 Å². The molecular weight excluding hydrogens is 275 g/mol. The lowest BCUT2D eigenvalue weighted by Gasteiger charge is -2.09. The standard InChI is InChI=1S/C14H17FN4S/c1-9-12(13(16)20)14(19(2)18-9)17-7-6-10-4-3-5-11(15)8-10/h3-5,8,17H,6-7H2,1-2H3,(H2,16,20). The summed E-state index contributed by atoms with van der Waals surface area (Å²) < 4.78 is 14.8. The molecule has 0 saturated carbocycles. The molecule has 0 atom stereocenters. The summed E-state index contributed by atoms with van der Waals surface area (Å²) in [6, 6.07) is 6.57. The molecule has 106 valence electrons. The molecule has 0 aliphatic heterocycles. The lowest BCUT2D eigenvalue weighted by molar-refractivity contribution is 0.625. The second-order valence-electron chi connectivity index (χ2n) is 4.60. The van der Waals surface area contributed by atoms with Gasteiger partial charge in [-0.25, -0.2) is 4.39 Å². The fourth-order valence-corrected chi connectivity index (χ4v) is 2.42. The van der Waals surface area contributed by atoms with Crippen molar-refractivity contribution in [1.29, 1.82) is 0 Å². The predicted octanol–water partition coefficient (Wildman–Crippen LogP) is 2.16. The van der Waals surface area contributed by atoms with Crippen molar-refractivity contribution >= 4 is 23.0 Å². The van der Waals surface area contributed by atoms with Crippen molar-refractivity contribution in [3.63, 3.8) is 0 Å². The minimum Gasteiger partial charge on any atom is -0.389 e. The van der Waals surface area contributed by atoms with Crippen molar-refractivity contribution in [2.24, 2.45) is 12.8 Å². The molecule has 0 unspecified atom stereocenters. The number of rotatable bonds is 5. The van der Waals surface area contributed by atoms with Crippen LogP contribution in [0.2, 0.25) is 0 Å². The number of hydrogen-bond donors (Lipinski definition) is 2. The Morgan fingerprint density at radius 2 is 2.25 bits per heavy atom. The molecule has 0 spiro atoms. The average molecular weight is 292 g/mol. The monoisotopic (exact) mass is 292 g/mol. The number of thiocarbonyl (C=S) groups is 1. The molecule has 2 rings (SSSR count). The Morgan fingerprint density at radius 1 is 1.50 bits per heavy atom. The van der Waals surface area contributed by atoms with E-state index in [0.717, 1.165) is 22.6 Å². The summed E-state index contributed by atoms with van der Waals surface area (Å²) >= 11 is 5.05. The van der Waals surface area contributed by atoms with Gasteiger partial charge in [0.25, 0.3) is 0 Å². The summed E-state index contributed by atoms with van der Waals surface area (Å²) in [5.41, 5.74) is 8.22. The van der Waals surface area contributed by atoms with E-state index in [-0.39, 0.29) is 5.82 Å². The third-order valence-electron chi connectivity index (χ3n) is 3.06. The third kappa shape index (κ3) is 3.14. The number of halogens is 1. The van der Waals surface area contributed by atoms with E-state index < -0.39 is 0 Å². The Morgan fingerprint density at radius 3 is 2.90 bits per heavy atom. The molecule has 6 heteroatoms. The van der Waals surface area contributed by atoms with Crippen LogP contribution in [-0.2, 0) is 13.5 Å². The first-order valence-electron chi connectivity index (χ1n) is 6.30. The summed E-state index contributed by atoms with van der Waals surface area (Å²) in [4.78, 5) is 0.323. The summed E-state index contributed by atoms with van der Waals surface area (Å²) in [7, 11) is 1.83. The van der Waals surface area contributed by atoms with Crippen LogP contribution in [0.4, 0.5) is 10.2 Å². The van der Waals surface area contributed by atoms with Crippen molar-refractivity contribution in [2.45, 2.75) is 13.3 Å². The second-order valence-corrected chi connectivity index (χ2v) is 5.04. The average Bonchev–Trinajstić information content (AvgIpc) is 2.64. The van der Waals surface area contributed by atoms with E-state index >= 15 is 0 Å². The van der Waals surface area contributed by atoms with Crippen LogP contribution in [0.5, 0.6) is 0 Å². The molecule has 0 bridgehead atoms. The normalized spacial score (nSPS) is 10.6. The minimum atomic E-state index is -0.220. The molecule has 3 N–H and O–H groups in total. The first-order chi connectivity index (χ1) is 9.49.